The first kappa shape index (κ1) is 16.8. The molecule has 116 valence electrons. The number of benzene rings is 2. The zero-order valence-electron chi connectivity index (χ0n) is 11.9. The molecule has 0 bridgehead atoms. The maximum Gasteiger partial charge on any atom is 0.232 e. The molecule has 0 aliphatic rings. The number of carbonyl (C=O) groups is 1. The van der Waals surface area contributed by atoms with Crippen molar-refractivity contribution in [3.05, 3.63) is 64.7 Å². The first-order chi connectivity index (χ1) is 10.5. The summed E-state index contributed by atoms with van der Waals surface area (Å²) in [5.74, 6) is -1.78. The number of carbonyl (C=O) groups excluding carboxylic acids is 1. The summed E-state index contributed by atoms with van der Waals surface area (Å²) in [4.78, 5) is 14.1. The molecule has 22 heavy (non-hydrogen) atoms. The van der Waals surface area contributed by atoms with Crippen molar-refractivity contribution in [3.8, 4) is 0 Å². The highest BCUT2D eigenvalue weighted by Gasteiger charge is 2.12. The van der Waals surface area contributed by atoms with Crippen molar-refractivity contribution >= 4 is 29.3 Å². The van der Waals surface area contributed by atoms with E-state index in [1.54, 1.807) is 18.0 Å². The lowest BCUT2D eigenvalue weighted by molar-refractivity contribution is -0.127. The van der Waals surface area contributed by atoms with Crippen molar-refractivity contribution in [2.45, 2.75) is 11.4 Å². The Morgan fingerprint density at radius 1 is 1.18 bits per heavy atom. The minimum Gasteiger partial charge on any atom is -0.341 e. The van der Waals surface area contributed by atoms with Gasteiger partial charge >= 0.3 is 0 Å². The molecule has 0 N–H and O–H groups in total. The summed E-state index contributed by atoms with van der Waals surface area (Å²) in [5.41, 5.74) is 0.859. The predicted octanol–water partition coefficient (Wildman–Crippen LogP) is 4.37. The van der Waals surface area contributed by atoms with Crippen LogP contribution < -0.4 is 0 Å². The van der Waals surface area contributed by atoms with Gasteiger partial charge in [-0.2, -0.15) is 0 Å². The number of hydrogen-bond acceptors (Lipinski definition) is 2. The molecule has 0 spiro atoms. The van der Waals surface area contributed by atoms with Crippen LogP contribution in [0.1, 0.15) is 5.56 Å². The van der Waals surface area contributed by atoms with Gasteiger partial charge in [-0.05, 0) is 29.8 Å². The van der Waals surface area contributed by atoms with E-state index in [1.165, 1.54) is 6.07 Å². The average molecular weight is 342 g/mol. The second-order valence-corrected chi connectivity index (χ2v) is 6.16. The molecule has 0 heterocycles. The summed E-state index contributed by atoms with van der Waals surface area (Å²) < 4.78 is 25.9. The molecule has 2 aromatic rings. The molecule has 0 atom stereocenters. The first-order valence-electron chi connectivity index (χ1n) is 6.52. The van der Waals surface area contributed by atoms with Crippen LogP contribution in [-0.2, 0) is 11.3 Å². The molecule has 0 saturated carbocycles. The van der Waals surface area contributed by atoms with Gasteiger partial charge in [0.25, 0.3) is 0 Å². The van der Waals surface area contributed by atoms with Crippen LogP contribution in [0.5, 0.6) is 0 Å². The van der Waals surface area contributed by atoms with Gasteiger partial charge in [0.05, 0.1) is 5.75 Å². The fourth-order valence-corrected chi connectivity index (χ4v) is 2.85. The Hall–Kier alpha value is -1.59. The van der Waals surface area contributed by atoms with E-state index in [9.17, 15) is 13.6 Å². The molecular weight excluding hydrogens is 328 g/mol. The van der Waals surface area contributed by atoms with Gasteiger partial charge in [-0.15, -0.1) is 11.8 Å². The van der Waals surface area contributed by atoms with E-state index in [4.69, 9.17) is 11.6 Å². The normalized spacial score (nSPS) is 10.5. The molecule has 0 aromatic heterocycles. The Morgan fingerprint density at radius 3 is 2.59 bits per heavy atom. The van der Waals surface area contributed by atoms with Gasteiger partial charge in [-0.1, -0.05) is 29.8 Å². The van der Waals surface area contributed by atoms with Crippen LogP contribution in [0.25, 0.3) is 0 Å². The van der Waals surface area contributed by atoms with E-state index < -0.39 is 11.6 Å². The highest BCUT2D eigenvalue weighted by molar-refractivity contribution is 8.00. The van der Waals surface area contributed by atoms with Gasteiger partial charge < -0.3 is 4.90 Å². The third-order valence-electron chi connectivity index (χ3n) is 3.04. The van der Waals surface area contributed by atoms with Gasteiger partial charge in [0.1, 0.15) is 0 Å². The number of nitrogens with zero attached hydrogens (tertiary/aromatic N) is 1. The van der Waals surface area contributed by atoms with E-state index in [0.717, 1.165) is 29.5 Å². The minimum atomic E-state index is -0.915. The van der Waals surface area contributed by atoms with Crippen molar-refractivity contribution < 1.29 is 13.6 Å². The molecule has 0 saturated heterocycles. The van der Waals surface area contributed by atoms with E-state index >= 15 is 0 Å². The third-order valence-corrected chi connectivity index (χ3v) is 4.39. The Balaban J connectivity index is 1.91. The molecule has 6 heteroatoms. The number of rotatable bonds is 5. The maximum atomic E-state index is 13.1. The second kappa shape index (κ2) is 7.61. The Kier molecular flexibility index (Phi) is 5.80. The van der Waals surface area contributed by atoms with E-state index in [2.05, 4.69) is 0 Å². The third kappa shape index (κ3) is 4.45. The number of halogens is 3. The lowest BCUT2D eigenvalue weighted by atomic mass is 10.2. The number of hydrogen-bond donors (Lipinski definition) is 0. The van der Waals surface area contributed by atoms with Crippen molar-refractivity contribution in [1.29, 1.82) is 0 Å². The molecular formula is C16H14ClF2NOS. The zero-order chi connectivity index (χ0) is 16.1. The van der Waals surface area contributed by atoms with Crippen LogP contribution in [0.3, 0.4) is 0 Å². The largest absolute Gasteiger partial charge is 0.341 e. The van der Waals surface area contributed by atoms with Crippen molar-refractivity contribution in [2.75, 3.05) is 12.8 Å². The summed E-state index contributed by atoms with van der Waals surface area (Å²) in [5, 5.41) is 0.607. The van der Waals surface area contributed by atoms with Gasteiger partial charge in [0.2, 0.25) is 5.91 Å². The zero-order valence-corrected chi connectivity index (χ0v) is 13.4. The summed E-state index contributed by atoms with van der Waals surface area (Å²) in [7, 11) is 1.68. The highest BCUT2D eigenvalue weighted by Crippen LogP contribution is 2.21. The molecule has 0 radical (unpaired) electrons. The van der Waals surface area contributed by atoms with Crippen LogP contribution >= 0.6 is 23.4 Å². The fraction of sp³-hybridized carbons (Fsp3) is 0.188. The molecule has 2 rings (SSSR count). The molecule has 0 aliphatic heterocycles. The molecule has 2 aromatic carbocycles. The van der Waals surface area contributed by atoms with Crippen LogP contribution in [0.15, 0.2) is 47.4 Å². The van der Waals surface area contributed by atoms with E-state index in [1.807, 2.05) is 18.2 Å². The highest BCUT2D eigenvalue weighted by atomic mass is 35.5. The lowest BCUT2D eigenvalue weighted by Crippen LogP contribution is -2.27. The molecule has 2 nitrogen and oxygen atoms in total. The van der Waals surface area contributed by atoms with Gasteiger partial charge in [0.15, 0.2) is 11.6 Å². The van der Waals surface area contributed by atoms with E-state index in [-0.39, 0.29) is 11.7 Å². The molecule has 0 unspecified atom stereocenters. The molecule has 1 amide bonds. The molecule has 0 fully saturated rings. The van der Waals surface area contributed by atoms with Crippen molar-refractivity contribution in [1.82, 2.24) is 4.90 Å². The van der Waals surface area contributed by atoms with Gasteiger partial charge in [-0.25, -0.2) is 8.78 Å². The smallest absolute Gasteiger partial charge is 0.232 e. The Bertz CT molecular complexity index is 681. The summed E-state index contributed by atoms with van der Waals surface area (Å²) >= 11 is 7.22. The monoisotopic (exact) mass is 341 g/mol. The first-order valence-corrected chi connectivity index (χ1v) is 7.89. The Morgan fingerprint density at radius 2 is 1.91 bits per heavy atom. The quantitative estimate of drug-likeness (QED) is 0.753. The van der Waals surface area contributed by atoms with Gasteiger partial charge in [0, 0.05) is 23.5 Å². The summed E-state index contributed by atoms with van der Waals surface area (Å²) in [6, 6.07) is 10.9. The topological polar surface area (TPSA) is 20.3 Å². The standard InChI is InChI=1S/C16H14ClF2NOS/c1-20(9-11-4-2-3-5-13(11)17)16(21)10-22-12-6-7-14(18)15(19)8-12/h2-8H,9-10H2,1H3. The number of thioether (sulfide) groups is 1. The van der Waals surface area contributed by atoms with Gasteiger partial charge in [-0.3, -0.25) is 4.79 Å². The Labute approximate surface area is 137 Å². The van der Waals surface area contributed by atoms with Crippen LogP contribution in [0.2, 0.25) is 5.02 Å². The number of amides is 1. The van der Waals surface area contributed by atoms with Crippen LogP contribution in [-0.4, -0.2) is 23.6 Å². The second-order valence-electron chi connectivity index (χ2n) is 4.71. The van der Waals surface area contributed by atoms with Crippen molar-refractivity contribution in [3.63, 3.8) is 0 Å². The average Bonchev–Trinajstić information content (AvgIpc) is 2.50. The fourth-order valence-electron chi connectivity index (χ4n) is 1.79. The van der Waals surface area contributed by atoms with Crippen LogP contribution in [0.4, 0.5) is 8.78 Å². The summed E-state index contributed by atoms with van der Waals surface area (Å²) in [6.07, 6.45) is 0. The van der Waals surface area contributed by atoms with E-state index in [0.29, 0.717) is 16.5 Å². The predicted molar refractivity (Wildman–Crippen MR) is 85.0 cm³/mol. The van der Waals surface area contributed by atoms with Crippen LogP contribution in [0, 0.1) is 11.6 Å². The lowest BCUT2D eigenvalue weighted by Gasteiger charge is -2.17. The summed E-state index contributed by atoms with van der Waals surface area (Å²) in [6.45, 7) is 0.400. The SMILES string of the molecule is CN(Cc1ccccc1Cl)C(=O)CSc1ccc(F)c(F)c1. The van der Waals surface area contributed by atoms with Crippen molar-refractivity contribution in [2.24, 2.45) is 0 Å². The minimum absolute atomic E-state index is 0.116. The molecule has 0 aliphatic carbocycles. The maximum absolute atomic E-state index is 13.1.